The first-order valence-corrected chi connectivity index (χ1v) is 12.4. The summed E-state index contributed by atoms with van der Waals surface area (Å²) < 4.78 is 17.3. The predicted molar refractivity (Wildman–Crippen MR) is 132 cm³/mol. The molecule has 5 heteroatoms. The number of carbonyl (C=O) groups is 1. The quantitative estimate of drug-likeness (QED) is 0.471. The monoisotopic (exact) mass is 453 g/mol. The van der Waals surface area contributed by atoms with E-state index in [1.165, 1.54) is 18.4 Å². The van der Waals surface area contributed by atoms with Crippen LogP contribution in [-0.4, -0.2) is 43.7 Å². The number of benzene rings is 2. The van der Waals surface area contributed by atoms with E-state index in [0.29, 0.717) is 31.1 Å². The number of nitrogens with zero attached hydrogens (tertiary/aromatic N) is 1. The molecule has 2 aliphatic rings. The SMILES string of the molecule is CC.COc1ccc([C@@H]2CN(CC(=O)OCc3ccccc3)C[C@@H]2C)cc1OC1CCCC1. The molecule has 0 amide bonds. The summed E-state index contributed by atoms with van der Waals surface area (Å²) in [5.74, 6) is 2.28. The third-order valence-electron chi connectivity index (χ3n) is 6.49. The van der Waals surface area contributed by atoms with Gasteiger partial charge in [-0.05, 0) is 54.9 Å². The lowest BCUT2D eigenvalue weighted by Gasteiger charge is -2.20. The lowest BCUT2D eigenvalue weighted by atomic mass is 9.90. The first-order chi connectivity index (χ1) is 16.1. The van der Waals surface area contributed by atoms with Crippen LogP contribution >= 0.6 is 0 Å². The average molecular weight is 454 g/mol. The molecule has 0 unspecified atom stereocenters. The van der Waals surface area contributed by atoms with Crippen LogP contribution in [0.15, 0.2) is 48.5 Å². The Morgan fingerprint density at radius 1 is 1.00 bits per heavy atom. The van der Waals surface area contributed by atoms with E-state index in [9.17, 15) is 4.79 Å². The van der Waals surface area contributed by atoms with Gasteiger partial charge >= 0.3 is 5.97 Å². The summed E-state index contributed by atoms with van der Waals surface area (Å²) in [4.78, 5) is 14.6. The van der Waals surface area contributed by atoms with E-state index >= 15 is 0 Å². The summed E-state index contributed by atoms with van der Waals surface area (Å²) in [6.45, 7) is 8.64. The number of carbonyl (C=O) groups excluding carboxylic acids is 1. The zero-order chi connectivity index (χ0) is 23.6. The van der Waals surface area contributed by atoms with E-state index in [1.54, 1.807) is 7.11 Å². The van der Waals surface area contributed by atoms with Gasteiger partial charge in [0.1, 0.15) is 6.61 Å². The molecule has 1 saturated heterocycles. The summed E-state index contributed by atoms with van der Waals surface area (Å²) in [7, 11) is 1.69. The van der Waals surface area contributed by atoms with Crippen molar-refractivity contribution in [1.82, 2.24) is 4.90 Å². The van der Waals surface area contributed by atoms with Crippen molar-refractivity contribution >= 4 is 5.97 Å². The number of rotatable bonds is 8. The second kappa shape index (κ2) is 12.6. The highest BCUT2D eigenvalue weighted by molar-refractivity contribution is 5.71. The Hall–Kier alpha value is -2.53. The summed E-state index contributed by atoms with van der Waals surface area (Å²) in [6.07, 6.45) is 5.00. The van der Waals surface area contributed by atoms with Crippen molar-refractivity contribution in [3.8, 4) is 11.5 Å². The van der Waals surface area contributed by atoms with Crippen LogP contribution < -0.4 is 9.47 Å². The van der Waals surface area contributed by atoms with Gasteiger partial charge in [0.2, 0.25) is 0 Å². The highest BCUT2D eigenvalue weighted by Gasteiger charge is 2.32. The fraction of sp³-hybridized carbons (Fsp3) is 0.536. The van der Waals surface area contributed by atoms with Gasteiger partial charge < -0.3 is 14.2 Å². The van der Waals surface area contributed by atoms with Gasteiger partial charge in [0.05, 0.1) is 19.8 Å². The Kier molecular flexibility index (Phi) is 9.61. The van der Waals surface area contributed by atoms with E-state index in [2.05, 4.69) is 24.0 Å². The summed E-state index contributed by atoms with van der Waals surface area (Å²) in [5.41, 5.74) is 2.26. The maximum absolute atomic E-state index is 12.4. The van der Waals surface area contributed by atoms with Crippen molar-refractivity contribution in [3.63, 3.8) is 0 Å². The largest absolute Gasteiger partial charge is 0.493 e. The van der Waals surface area contributed by atoms with E-state index in [1.807, 2.05) is 50.2 Å². The minimum Gasteiger partial charge on any atom is -0.493 e. The molecule has 0 aromatic heterocycles. The smallest absolute Gasteiger partial charge is 0.320 e. The standard InChI is InChI=1S/C26H33NO4.C2H6/c1-19-15-27(17-26(28)30-18-20-8-4-3-5-9-20)16-23(19)21-12-13-24(29-2)25(14-21)31-22-10-6-7-11-22;1-2/h3-5,8-9,12-14,19,22-23H,6-7,10-11,15-18H2,1-2H3;1-2H3/t19-,23+;/m0./s1. The number of likely N-dealkylation sites (tertiary alicyclic amines) is 1. The van der Waals surface area contributed by atoms with E-state index in [-0.39, 0.29) is 5.97 Å². The van der Waals surface area contributed by atoms with Gasteiger partial charge in [0, 0.05) is 19.0 Å². The van der Waals surface area contributed by atoms with Crippen LogP contribution in [0.5, 0.6) is 11.5 Å². The minimum atomic E-state index is -0.170. The zero-order valence-corrected chi connectivity index (χ0v) is 20.6. The van der Waals surface area contributed by atoms with Crippen molar-refractivity contribution < 1.29 is 19.0 Å². The number of methoxy groups -OCH3 is 1. The molecule has 2 aromatic carbocycles. The molecule has 180 valence electrons. The van der Waals surface area contributed by atoms with Crippen LogP contribution in [0, 0.1) is 5.92 Å². The van der Waals surface area contributed by atoms with Gasteiger partial charge in [-0.2, -0.15) is 0 Å². The molecule has 5 nitrogen and oxygen atoms in total. The maximum Gasteiger partial charge on any atom is 0.320 e. The van der Waals surface area contributed by atoms with E-state index in [0.717, 1.165) is 43.0 Å². The lowest BCUT2D eigenvalue weighted by Crippen LogP contribution is -2.29. The second-order valence-electron chi connectivity index (χ2n) is 8.86. The maximum atomic E-state index is 12.4. The second-order valence-corrected chi connectivity index (χ2v) is 8.86. The van der Waals surface area contributed by atoms with Crippen molar-refractivity contribution in [2.24, 2.45) is 5.92 Å². The van der Waals surface area contributed by atoms with Crippen LogP contribution in [0.1, 0.15) is 63.5 Å². The molecule has 1 saturated carbocycles. The van der Waals surface area contributed by atoms with Gasteiger partial charge in [0.15, 0.2) is 11.5 Å². The Balaban J connectivity index is 0.00000149. The van der Waals surface area contributed by atoms with Gasteiger partial charge in [0.25, 0.3) is 0 Å². The minimum absolute atomic E-state index is 0.170. The Morgan fingerprint density at radius 2 is 1.73 bits per heavy atom. The Labute approximate surface area is 199 Å². The van der Waals surface area contributed by atoms with Crippen LogP contribution in [0.2, 0.25) is 0 Å². The van der Waals surface area contributed by atoms with E-state index in [4.69, 9.17) is 14.2 Å². The lowest BCUT2D eigenvalue weighted by molar-refractivity contribution is -0.146. The third-order valence-corrected chi connectivity index (χ3v) is 6.49. The van der Waals surface area contributed by atoms with Crippen molar-refractivity contribution in [2.45, 2.75) is 65.1 Å². The topological polar surface area (TPSA) is 48.0 Å². The molecular weight excluding hydrogens is 414 g/mol. The molecule has 0 N–H and O–H groups in total. The summed E-state index contributed by atoms with van der Waals surface area (Å²) in [5, 5.41) is 0. The Bertz CT molecular complexity index is 863. The molecule has 2 atom stereocenters. The van der Waals surface area contributed by atoms with Gasteiger partial charge in [-0.1, -0.05) is 57.2 Å². The highest BCUT2D eigenvalue weighted by Crippen LogP contribution is 2.38. The number of esters is 1. The van der Waals surface area contributed by atoms with Crippen LogP contribution in [0.25, 0.3) is 0 Å². The molecule has 1 aliphatic heterocycles. The highest BCUT2D eigenvalue weighted by atomic mass is 16.5. The molecule has 0 spiro atoms. The molecule has 0 bridgehead atoms. The fourth-order valence-electron chi connectivity index (χ4n) is 4.80. The van der Waals surface area contributed by atoms with Gasteiger partial charge in [-0.25, -0.2) is 0 Å². The third kappa shape index (κ3) is 6.97. The van der Waals surface area contributed by atoms with Crippen molar-refractivity contribution in [2.75, 3.05) is 26.7 Å². The number of ether oxygens (including phenoxy) is 3. The first-order valence-electron chi connectivity index (χ1n) is 12.4. The molecule has 1 heterocycles. The fourth-order valence-corrected chi connectivity index (χ4v) is 4.80. The first kappa shape index (κ1) is 25.1. The van der Waals surface area contributed by atoms with Crippen LogP contribution in [-0.2, 0) is 16.1 Å². The number of hydrogen-bond donors (Lipinski definition) is 0. The van der Waals surface area contributed by atoms with Crippen molar-refractivity contribution in [1.29, 1.82) is 0 Å². The van der Waals surface area contributed by atoms with E-state index < -0.39 is 0 Å². The summed E-state index contributed by atoms with van der Waals surface area (Å²) >= 11 is 0. The molecule has 2 aromatic rings. The molecule has 1 aliphatic carbocycles. The normalized spacial score (nSPS) is 20.7. The molecule has 4 rings (SSSR count). The molecular formula is C28H39NO4. The average Bonchev–Trinajstić information content (AvgIpc) is 3.49. The molecule has 2 fully saturated rings. The van der Waals surface area contributed by atoms with Gasteiger partial charge in [-0.3, -0.25) is 9.69 Å². The van der Waals surface area contributed by atoms with Gasteiger partial charge in [-0.15, -0.1) is 0 Å². The Morgan fingerprint density at radius 3 is 2.42 bits per heavy atom. The van der Waals surface area contributed by atoms with Crippen LogP contribution in [0.4, 0.5) is 0 Å². The molecule has 33 heavy (non-hydrogen) atoms. The van der Waals surface area contributed by atoms with Crippen molar-refractivity contribution in [3.05, 3.63) is 59.7 Å². The predicted octanol–water partition coefficient (Wildman–Crippen LogP) is 5.82. The molecule has 0 radical (unpaired) electrons. The zero-order valence-electron chi connectivity index (χ0n) is 20.6. The summed E-state index contributed by atoms with van der Waals surface area (Å²) in [6, 6.07) is 16.1. The van der Waals surface area contributed by atoms with Crippen LogP contribution in [0.3, 0.4) is 0 Å². The number of hydrogen-bond acceptors (Lipinski definition) is 5.